The summed E-state index contributed by atoms with van der Waals surface area (Å²) in [6.45, 7) is 1.96. The predicted octanol–water partition coefficient (Wildman–Crippen LogP) is 1.39. The molecular weight excluding hydrogens is 320 g/mol. The van der Waals surface area contributed by atoms with Gasteiger partial charge in [-0.15, -0.1) is 0 Å². The van der Waals surface area contributed by atoms with Crippen LogP contribution in [0.3, 0.4) is 0 Å². The maximum Gasteiger partial charge on any atom is 0.270 e. The van der Waals surface area contributed by atoms with Crippen molar-refractivity contribution in [3.05, 3.63) is 42.5 Å². The van der Waals surface area contributed by atoms with Gasteiger partial charge >= 0.3 is 0 Å². The molecule has 0 N–H and O–H groups in total. The SMILES string of the molecule is CC(c1ccc(-n2cncn2)cc1)N(C)C(=O)C1=NN(C)C(=O)CC1. The van der Waals surface area contributed by atoms with Crippen LogP contribution < -0.4 is 0 Å². The van der Waals surface area contributed by atoms with Gasteiger partial charge in [0.25, 0.3) is 5.91 Å². The van der Waals surface area contributed by atoms with Gasteiger partial charge < -0.3 is 4.90 Å². The van der Waals surface area contributed by atoms with Gasteiger partial charge in [0.1, 0.15) is 18.4 Å². The summed E-state index contributed by atoms with van der Waals surface area (Å²) in [6.07, 6.45) is 3.81. The third-order valence-corrected chi connectivity index (χ3v) is 4.41. The van der Waals surface area contributed by atoms with Crippen LogP contribution in [0, 0.1) is 0 Å². The van der Waals surface area contributed by atoms with Gasteiger partial charge in [-0.25, -0.2) is 14.7 Å². The van der Waals surface area contributed by atoms with Gasteiger partial charge in [-0.2, -0.15) is 10.2 Å². The number of aromatic nitrogens is 3. The first-order chi connectivity index (χ1) is 12.0. The van der Waals surface area contributed by atoms with Crippen molar-refractivity contribution in [2.45, 2.75) is 25.8 Å². The Kier molecular flexibility index (Phi) is 4.60. The van der Waals surface area contributed by atoms with Crippen molar-refractivity contribution in [1.82, 2.24) is 24.7 Å². The zero-order valence-corrected chi connectivity index (χ0v) is 14.5. The van der Waals surface area contributed by atoms with Crippen LogP contribution >= 0.6 is 0 Å². The van der Waals surface area contributed by atoms with Crippen LogP contribution in [0.4, 0.5) is 0 Å². The van der Waals surface area contributed by atoms with Gasteiger partial charge in [-0.05, 0) is 24.6 Å². The fourth-order valence-corrected chi connectivity index (χ4v) is 2.67. The minimum Gasteiger partial charge on any atom is -0.334 e. The Labute approximate surface area is 145 Å². The van der Waals surface area contributed by atoms with Crippen LogP contribution in [0.2, 0.25) is 0 Å². The molecule has 25 heavy (non-hydrogen) atoms. The van der Waals surface area contributed by atoms with Crippen LogP contribution in [-0.2, 0) is 9.59 Å². The number of amides is 2. The number of hydrogen-bond donors (Lipinski definition) is 0. The fourth-order valence-electron chi connectivity index (χ4n) is 2.67. The molecule has 1 unspecified atom stereocenters. The topological polar surface area (TPSA) is 83.7 Å². The van der Waals surface area contributed by atoms with E-state index in [-0.39, 0.29) is 17.9 Å². The minimum atomic E-state index is -0.160. The van der Waals surface area contributed by atoms with E-state index in [1.54, 1.807) is 30.0 Å². The van der Waals surface area contributed by atoms with Crippen LogP contribution in [0.5, 0.6) is 0 Å². The molecule has 8 nitrogen and oxygen atoms in total. The first-order valence-electron chi connectivity index (χ1n) is 8.03. The Balaban J connectivity index is 1.73. The van der Waals surface area contributed by atoms with Gasteiger partial charge in [-0.3, -0.25) is 9.59 Å². The lowest BCUT2D eigenvalue weighted by Crippen LogP contribution is -2.39. The monoisotopic (exact) mass is 340 g/mol. The summed E-state index contributed by atoms with van der Waals surface area (Å²) in [4.78, 5) is 29.7. The zero-order chi connectivity index (χ0) is 18.0. The van der Waals surface area contributed by atoms with Crippen molar-refractivity contribution in [1.29, 1.82) is 0 Å². The van der Waals surface area contributed by atoms with Crippen molar-refractivity contribution in [2.75, 3.05) is 14.1 Å². The van der Waals surface area contributed by atoms with Gasteiger partial charge in [-0.1, -0.05) is 12.1 Å². The lowest BCUT2D eigenvalue weighted by atomic mass is 10.1. The molecule has 0 radical (unpaired) electrons. The molecule has 2 amide bonds. The second-order valence-electron chi connectivity index (χ2n) is 5.99. The van der Waals surface area contributed by atoms with E-state index >= 15 is 0 Å². The highest BCUT2D eigenvalue weighted by Gasteiger charge is 2.26. The maximum absolute atomic E-state index is 12.7. The fraction of sp³-hybridized carbons (Fsp3) is 0.353. The second-order valence-corrected chi connectivity index (χ2v) is 5.99. The summed E-state index contributed by atoms with van der Waals surface area (Å²) < 4.78 is 1.67. The predicted molar refractivity (Wildman–Crippen MR) is 92.0 cm³/mol. The number of rotatable bonds is 4. The minimum absolute atomic E-state index is 0.0732. The van der Waals surface area contributed by atoms with Gasteiger partial charge in [0.15, 0.2) is 0 Å². The molecule has 0 saturated carbocycles. The molecule has 1 aliphatic heterocycles. The standard InChI is InChI=1S/C17H20N6O2/c1-12(13-4-6-14(7-5-13)23-11-18-10-19-23)21(2)17(25)15-8-9-16(24)22(3)20-15/h4-7,10-12H,8-9H2,1-3H3. The molecule has 0 spiro atoms. The Hall–Kier alpha value is -3.03. The van der Waals surface area contributed by atoms with Crippen molar-refractivity contribution in [3.63, 3.8) is 0 Å². The summed E-state index contributed by atoms with van der Waals surface area (Å²) in [5.74, 6) is -0.233. The Morgan fingerprint density at radius 2 is 1.96 bits per heavy atom. The number of hydrogen-bond acceptors (Lipinski definition) is 5. The van der Waals surface area contributed by atoms with E-state index < -0.39 is 0 Å². The number of carbonyl (C=O) groups excluding carboxylic acids is 2. The van der Waals surface area contributed by atoms with Gasteiger partial charge in [0.05, 0.1) is 11.7 Å². The molecule has 3 rings (SSSR count). The van der Waals surface area contributed by atoms with Crippen molar-refractivity contribution >= 4 is 17.5 Å². The molecule has 1 aromatic heterocycles. The summed E-state index contributed by atoms with van der Waals surface area (Å²) in [5, 5.41) is 9.43. The first kappa shape index (κ1) is 16.8. The highest BCUT2D eigenvalue weighted by molar-refractivity contribution is 6.39. The Morgan fingerprint density at radius 3 is 2.56 bits per heavy atom. The van der Waals surface area contributed by atoms with Gasteiger partial charge in [0.2, 0.25) is 5.91 Å². The van der Waals surface area contributed by atoms with E-state index in [2.05, 4.69) is 15.2 Å². The summed E-state index contributed by atoms with van der Waals surface area (Å²) in [6, 6.07) is 7.67. The van der Waals surface area contributed by atoms with Crippen molar-refractivity contribution in [3.8, 4) is 5.69 Å². The molecule has 2 aromatic rings. The molecule has 0 bridgehead atoms. The number of carbonyl (C=O) groups is 2. The molecule has 1 aromatic carbocycles. The molecule has 1 aliphatic rings. The molecule has 0 saturated heterocycles. The molecule has 130 valence electrons. The van der Waals surface area contributed by atoms with Crippen LogP contribution in [0.1, 0.15) is 31.4 Å². The first-order valence-corrected chi connectivity index (χ1v) is 8.03. The maximum atomic E-state index is 12.7. The van der Waals surface area contributed by atoms with Crippen LogP contribution in [0.15, 0.2) is 42.0 Å². The van der Waals surface area contributed by atoms with Crippen molar-refractivity contribution in [2.24, 2.45) is 5.10 Å². The molecule has 8 heteroatoms. The quantitative estimate of drug-likeness (QED) is 0.842. The lowest BCUT2D eigenvalue weighted by Gasteiger charge is -2.28. The number of hydrazone groups is 1. The van der Waals surface area contributed by atoms with E-state index in [9.17, 15) is 9.59 Å². The van der Waals surface area contributed by atoms with Gasteiger partial charge in [0, 0.05) is 26.9 Å². The van der Waals surface area contributed by atoms with E-state index in [0.717, 1.165) is 11.3 Å². The lowest BCUT2D eigenvalue weighted by molar-refractivity contribution is -0.130. The normalized spacial score (nSPS) is 15.7. The molecule has 0 fully saturated rings. The highest BCUT2D eigenvalue weighted by Crippen LogP contribution is 2.21. The number of benzene rings is 1. The van der Waals surface area contributed by atoms with E-state index in [1.807, 2.05) is 31.2 Å². The van der Waals surface area contributed by atoms with Crippen molar-refractivity contribution < 1.29 is 9.59 Å². The Bertz CT molecular complexity index is 797. The largest absolute Gasteiger partial charge is 0.334 e. The highest BCUT2D eigenvalue weighted by atomic mass is 16.2. The summed E-state index contributed by atoms with van der Waals surface area (Å²) in [5.41, 5.74) is 2.32. The zero-order valence-electron chi connectivity index (χ0n) is 14.5. The third-order valence-electron chi connectivity index (χ3n) is 4.41. The summed E-state index contributed by atoms with van der Waals surface area (Å²) in [7, 11) is 3.32. The Morgan fingerprint density at radius 1 is 1.24 bits per heavy atom. The molecular formula is C17H20N6O2. The molecule has 1 atom stereocenters. The molecule has 2 heterocycles. The smallest absolute Gasteiger partial charge is 0.270 e. The average Bonchev–Trinajstić information content (AvgIpc) is 3.17. The van der Waals surface area contributed by atoms with E-state index in [4.69, 9.17) is 0 Å². The summed E-state index contributed by atoms with van der Waals surface area (Å²) >= 11 is 0. The third kappa shape index (κ3) is 3.42. The van der Waals surface area contributed by atoms with Crippen LogP contribution in [-0.4, -0.2) is 56.3 Å². The van der Waals surface area contributed by atoms with Crippen LogP contribution in [0.25, 0.3) is 5.69 Å². The second kappa shape index (κ2) is 6.84. The molecule has 0 aliphatic carbocycles. The average molecular weight is 340 g/mol. The van der Waals surface area contributed by atoms with E-state index in [0.29, 0.717) is 18.6 Å². The van der Waals surface area contributed by atoms with E-state index in [1.165, 1.54) is 11.3 Å². The number of nitrogens with zero attached hydrogens (tertiary/aromatic N) is 6.